The first kappa shape index (κ1) is 21.5. The van der Waals surface area contributed by atoms with E-state index < -0.39 is 0 Å². The molecule has 1 fully saturated rings. The SMILES string of the molecule is Nc1ncc(CN2CCC(c3ccccc3)(c3cn4ccccc4n3)CC2)cn1.O=CO. The first-order valence-corrected chi connectivity index (χ1v) is 10.5. The topological polar surface area (TPSA) is 110 Å². The van der Waals surface area contributed by atoms with Crippen molar-refractivity contribution in [2.24, 2.45) is 0 Å². The highest BCUT2D eigenvalue weighted by atomic mass is 16.3. The van der Waals surface area contributed by atoms with Crippen molar-refractivity contribution >= 4 is 18.1 Å². The van der Waals surface area contributed by atoms with Gasteiger partial charge in [0.1, 0.15) is 5.65 Å². The number of piperidine rings is 1. The molecule has 3 N–H and O–H groups in total. The average molecular weight is 431 g/mol. The van der Waals surface area contributed by atoms with E-state index in [2.05, 4.69) is 68.1 Å². The van der Waals surface area contributed by atoms with Crippen LogP contribution in [0.3, 0.4) is 0 Å². The van der Waals surface area contributed by atoms with Gasteiger partial charge >= 0.3 is 0 Å². The second-order valence-corrected chi connectivity index (χ2v) is 7.87. The largest absolute Gasteiger partial charge is 0.483 e. The lowest BCUT2D eigenvalue weighted by atomic mass is 9.70. The van der Waals surface area contributed by atoms with Gasteiger partial charge in [0.05, 0.1) is 5.69 Å². The minimum absolute atomic E-state index is 0.0681. The van der Waals surface area contributed by atoms with Gasteiger partial charge in [-0.3, -0.25) is 9.69 Å². The average Bonchev–Trinajstić information content (AvgIpc) is 3.27. The molecule has 0 bridgehead atoms. The lowest BCUT2D eigenvalue weighted by Gasteiger charge is -2.41. The number of nitrogens with zero attached hydrogens (tertiary/aromatic N) is 5. The predicted molar refractivity (Wildman–Crippen MR) is 122 cm³/mol. The van der Waals surface area contributed by atoms with Crippen molar-refractivity contribution in [3.63, 3.8) is 0 Å². The zero-order valence-electron chi connectivity index (χ0n) is 17.7. The minimum Gasteiger partial charge on any atom is -0.483 e. The molecule has 0 saturated carbocycles. The fourth-order valence-electron chi connectivity index (χ4n) is 4.41. The Balaban J connectivity index is 0.000000775. The predicted octanol–water partition coefficient (Wildman–Crippen LogP) is 2.99. The smallest absolute Gasteiger partial charge is 0.290 e. The molecule has 0 amide bonds. The van der Waals surface area contributed by atoms with Crippen LogP contribution >= 0.6 is 0 Å². The summed E-state index contributed by atoms with van der Waals surface area (Å²) in [6, 6.07) is 17.0. The van der Waals surface area contributed by atoms with E-state index in [9.17, 15) is 0 Å². The molecule has 8 nitrogen and oxygen atoms in total. The highest BCUT2D eigenvalue weighted by molar-refractivity contribution is 5.45. The molecule has 4 heterocycles. The van der Waals surface area contributed by atoms with Gasteiger partial charge in [0.25, 0.3) is 6.47 Å². The fraction of sp³-hybridized carbons (Fsp3) is 0.250. The highest BCUT2D eigenvalue weighted by Crippen LogP contribution is 2.41. The number of aromatic nitrogens is 4. The van der Waals surface area contributed by atoms with E-state index in [1.54, 1.807) is 0 Å². The summed E-state index contributed by atoms with van der Waals surface area (Å²) in [5.74, 6) is 0.322. The van der Waals surface area contributed by atoms with Crippen LogP contribution in [-0.2, 0) is 16.8 Å². The van der Waals surface area contributed by atoms with Crippen molar-refractivity contribution in [3.05, 3.63) is 90.1 Å². The summed E-state index contributed by atoms with van der Waals surface area (Å²) in [7, 11) is 0. The van der Waals surface area contributed by atoms with Crippen LogP contribution in [0.25, 0.3) is 5.65 Å². The molecule has 5 rings (SSSR count). The van der Waals surface area contributed by atoms with Gasteiger partial charge in [0, 0.05) is 42.3 Å². The Kier molecular flexibility index (Phi) is 6.42. The first-order valence-electron chi connectivity index (χ1n) is 10.5. The molecule has 0 radical (unpaired) electrons. The quantitative estimate of drug-likeness (QED) is 0.479. The maximum Gasteiger partial charge on any atom is 0.290 e. The van der Waals surface area contributed by atoms with Gasteiger partial charge in [-0.05, 0) is 43.6 Å². The zero-order chi connectivity index (χ0) is 22.4. The van der Waals surface area contributed by atoms with Gasteiger partial charge in [-0.15, -0.1) is 0 Å². The van der Waals surface area contributed by atoms with Crippen LogP contribution in [0.2, 0.25) is 0 Å². The number of carbonyl (C=O) groups is 1. The normalized spacial score (nSPS) is 15.6. The molecule has 1 aliphatic rings. The molecule has 0 unspecified atom stereocenters. The number of benzene rings is 1. The van der Waals surface area contributed by atoms with Gasteiger partial charge in [0.2, 0.25) is 5.95 Å². The summed E-state index contributed by atoms with van der Waals surface area (Å²) in [5, 5.41) is 6.89. The number of fused-ring (bicyclic) bond motifs is 1. The molecule has 164 valence electrons. The minimum atomic E-state index is -0.250. The Bertz CT molecular complexity index is 1120. The summed E-state index contributed by atoms with van der Waals surface area (Å²) in [5.41, 5.74) is 10.1. The number of nitrogen functional groups attached to an aromatic ring is 1. The number of anilines is 1. The summed E-state index contributed by atoms with van der Waals surface area (Å²) in [6.07, 6.45) is 9.97. The molecular weight excluding hydrogens is 404 g/mol. The van der Waals surface area contributed by atoms with Crippen molar-refractivity contribution in [3.8, 4) is 0 Å². The Hall–Kier alpha value is -3.78. The fourth-order valence-corrected chi connectivity index (χ4v) is 4.41. The summed E-state index contributed by atoms with van der Waals surface area (Å²) >= 11 is 0. The second-order valence-electron chi connectivity index (χ2n) is 7.87. The monoisotopic (exact) mass is 430 g/mol. The highest BCUT2D eigenvalue weighted by Gasteiger charge is 2.39. The van der Waals surface area contributed by atoms with Crippen LogP contribution in [0, 0.1) is 0 Å². The summed E-state index contributed by atoms with van der Waals surface area (Å²) in [4.78, 5) is 24.1. The van der Waals surface area contributed by atoms with E-state index >= 15 is 0 Å². The maximum absolute atomic E-state index is 8.36. The Morgan fingerprint density at radius 3 is 2.34 bits per heavy atom. The van der Waals surface area contributed by atoms with E-state index in [0.29, 0.717) is 5.95 Å². The number of carboxylic acid groups (broad SMARTS) is 1. The maximum atomic E-state index is 8.36. The zero-order valence-corrected chi connectivity index (χ0v) is 17.7. The van der Waals surface area contributed by atoms with Gasteiger partial charge in [-0.2, -0.15) is 0 Å². The van der Waals surface area contributed by atoms with Crippen LogP contribution in [0.4, 0.5) is 5.95 Å². The van der Waals surface area contributed by atoms with Gasteiger partial charge in [-0.25, -0.2) is 15.0 Å². The van der Waals surface area contributed by atoms with Crippen molar-refractivity contribution in [1.29, 1.82) is 0 Å². The van der Waals surface area contributed by atoms with Crippen molar-refractivity contribution < 1.29 is 9.90 Å². The lowest BCUT2D eigenvalue weighted by Crippen LogP contribution is -2.43. The Labute approximate surface area is 186 Å². The molecule has 3 aromatic heterocycles. The molecule has 32 heavy (non-hydrogen) atoms. The van der Waals surface area contributed by atoms with Crippen LogP contribution in [0.5, 0.6) is 0 Å². The van der Waals surface area contributed by atoms with Gasteiger partial charge in [0.15, 0.2) is 0 Å². The second kappa shape index (κ2) is 9.57. The van der Waals surface area contributed by atoms with E-state index in [1.165, 1.54) is 5.56 Å². The van der Waals surface area contributed by atoms with E-state index in [1.807, 2.05) is 24.5 Å². The molecule has 0 atom stereocenters. The van der Waals surface area contributed by atoms with Gasteiger partial charge in [-0.1, -0.05) is 36.4 Å². The molecule has 1 aliphatic heterocycles. The van der Waals surface area contributed by atoms with Crippen LogP contribution in [-0.4, -0.2) is 48.9 Å². The third-order valence-corrected chi connectivity index (χ3v) is 6.02. The van der Waals surface area contributed by atoms with Crippen molar-refractivity contribution in [1.82, 2.24) is 24.3 Å². The van der Waals surface area contributed by atoms with Crippen molar-refractivity contribution in [2.75, 3.05) is 18.8 Å². The standard InChI is InChI=1S/C23H24N6.CH2O2/c24-22-25-14-18(15-26-22)16-28-12-9-23(10-13-28,19-6-2-1-3-7-19)20-17-29-11-5-4-8-21(29)27-20;2-1-3/h1-8,11,14-15,17H,9-10,12-13,16H2,(H2,24,25,26);1H,(H,2,3). The number of likely N-dealkylation sites (tertiary alicyclic amines) is 1. The first-order chi connectivity index (χ1) is 15.6. The number of pyridine rings is 1. The number of nitrogens with two attached hydrogens (primary N) is 1. The molecule has 0 spiro atoms. The molecular formula is C24H26N6O2. The molecule has 1 aromatic carbocycles. The number of imidazole rings is 1. The summed E-state index contributed by atoms with van der Waals surface area (Å²) in [6.45, 7) is 2.58. The third-order valence-electron chi connectivity index (χ3n) is 6.02. The van der Waals surface area contributed by atoms with Crippen LogP contribution < -0.4 is 5.73 Å². The van der Waals surface area contributed by atoms with Crippen LogP contribution in [0.1, 0.15) is 29.7 Å². The number of hydrogen-bond acceptors (Lipinski definition) is 6. The Morgan fingerprint density at radius 2 is 1.69 bits per heavy atom. The lowest BCUT2D eigenvalue weighted by molar-refractivity contribution is -0.122. The molecule has 4 aromatic rings. The van der Waals surface area contributed by atoms with Gasteiger partial charge < -0.3 is 15.2 Å². The van der Waals surface area contributed by atoms with E-state index in [0.717, 1.165) is 49.4 Å². The molecule has 8 heteroatoms. The molecule has 0 aliphatic carbocycles. The van der Waals surface area contributed by atoms with Crippen molar-refractivity contribution in [2.45, 2.75) is 24.8 Å². The van der Waals surface area contributed by atoms with Crippen LogP contribution in [0.15, 0.2) is 73.3 Å². The van der Waals surface area contributed by atoms with E-state index in [-0.39, 0.29) is 11.9 Å². The molecule has 1 saturated heterocycles. The Morgan fingerprint density at radius 1 is 1.03 bits per heavy atom. The number of hydrogen-bond donors (Lipinski definition) is 2. The van der Waals surface area contributed by atoms with E-state index in [4.69, 9.17) is 20.6 Å². The third kappa shape index (κ3) is 4.45. The number of rotatable bonds is 4. The summed E-state index contributed by atoms with van der Waals surface area (Å²) < 4.78 is 2.12.